The third-order valence-corrected chi connectivity index (χ3v) is 8.23. The van der Waals surface area contributed by atoms with Gasteiger partial charge < -0.3 is 24.4 Å². The predicted octanol–water partition coefficient (Wildman–Crippen LogP) is 8.19. The van der Waals surface area contributed by atoms with Gasteiger partial charge in [-0.1, -0.05) is 72.2 Å². The molecule has 1 aromatic heterocycles. The summed E-state index contributed by atoms with van der Waals surface area (Å²) in [5, 5.41) is 8.05. The SMILES string of the molecule is C.CN(C(=O)CCc1cccc(F)c1Cl)[C@H](COC(=O)Nc1cc(-c2cccc(F)c2)no1)CN(CC(F)F)C(=O)NCc1cccc(F)c1Cl. The molecule has 4 amide bonds. The standard InChI is InChI=1S/C33H30Cl2F5N5O5.CH4/c1-44(29(46)12-11-19-5-3-9-24(37)30(19)34)23(16-45(17-27(39)40)32(47)41-15-21-7-4-10-25(38)31(21)35)18-49-33(48)42-28-14-26(43-50-28)20-6-2-8-22(36)13-20;/h2-10,13-14,23,27H,11-12,15-18H2,1H3,(H,41,47)(H,42,48);1H4/t23-;/m0./s1. The summed E-state index contributed by atoms with van der Waals surface area (Å²) in [6, 6.07) is 12.6. The summed E-state index contributed by atoms with van der Waals surface area (Å²) in [6.07, 6.45) is -4.28. The Balaban J connectivity index is 0.00000702. The van der Waals surface area contributed by atoms with Crippen molar-refractivity contribution in [1.82, 2.24) is 20.3 Å². The Labute approximate surface area is 300 Å². The van der Waals surface area contributed by atoms with Gasteiger partial charge in [0.1, 0.15) is 29.8 Å². The number of likely N-dealkylation sites (N-methyl/N-ethyl adjacent to an activating group) is 1. The molecular formula is C34H34Cl2F5N5O5. The lowest BCUT2D eigenvalue weighted by atomic mass is 10.1. The zero-order chi connectivity index (χ0) is 36.4. The van der Waals surface area contributed by atoms with Gasteiger partial charge in [0.25, 0.3) is 6.43 Å². The lowest BCUT2D eigenvalue weighted by Crippen LogP contribution is -2.52. The van der Waals surface area contributed by atoms with E-state index in [1.165, 1.54) is 55.6 Å². The van der Waals surface area contributed by atoms with Crippen LogP contribution in [0.15, 0.2) is 71.3 Å². The zero-order valence-corrected chi connectivity index (χ0v) is 27.8. The van der Waals surface area contributed by atoms with Gasteiger partial charge in [-0.05, 0) is 41.8 Å². The first-order valence-electron chi connectivity index (χ1n) is 14.9. The van der Waals surface area contributed by atoms with Gasteiger partial charge in [0.2, 0.25) is 11.8 Å². The van der Waals surface area contributed by atoms with E-state index >= 15 is 0 Å². The van der Waals surface area contributed by atoms with Crippen molar-refractivity contribution in [3.8, 4) is 11.3 Å². The molecular weight excluding hydrogens is 724 g/mol. The molecule has 0 radical (unpaired) electrons. The van der Waals surface area contributed by atoms with Gasteiger partial charge in [0.05, 0.1) is 22.6 Å². The average molecular weight is 759 g/mol. The summed E-state index contributed by atoms with van der Waals surface area (Å²) in [6.45, 7) is -2.53. The van der Waals surface area contributed by atoms with Gasteiger partial charge in [-0.3, -0.25) is 10.1 Å². The number of amides is 4. The molecule has 4 rings (SSSR count). The minimum Gasteiger partial charge on any atom is -0.447 e. The Bertz CT molecular complexity index is 1810. The van der Waals surface area contributed by atoms with Gasteiger partial charge in [-0.25, -0.2) is 31.5 Å². The molecule has 0 aliphatic carbocycles. The third kappa shape index (κ3) is 11.6. The molecule has 51 heavy (non-hydrogen) atoms. The smallest absolute Gasteiger partial charge is 0.414 e. The second-order valence-electron chi connectivity index (χ2n) is 10.8. The molecule has 0 bridgehead atoms. The highest BCUT2D eigenvalue weighted by atomic mass is 35.5. The molecule has 3 aromatic carbocycles. The summed E-state index contributed by atoms with van der Waals surface area (Å²) in [7, 11) is 1.31. The Hall–Kier alpha value is -4.89. The molecule has 0 saturated heterocycles. The molecule has 10 nitrogen and oxygen atoms in total. The van der Waals surface area contributed by atoms with Crippen LogP contribution in [0.2, 0.25) is 10.0 Å². The van der Waals surface area contributed by atoms with E-state index < -0.39 is 67.6 Å². The highest BCUT2D eigenvalue weighted by Gasteiger charge is 2.29. The molecule has 0 unspecified atom stereocenters. The topological polar surface area (TPSA) is 117 Å². The number of rotatable bonds is 14. The minimum atomic E-state index is -3.00. The normalized spacial score (nSPS) is 11.4. The van der Waals surface area contributed by atoms with Crippen molar-refractivity contribution in [3.05, 3.63) is 105 Å². The first kappa shape index (κ1) is 40.5. The van der Waals surface area contributed by atoms with Gasteiger partial charge in [-0.2, -0.15) is 0 Å². The minimum absolute atomic E-state index is 0. The fraction of sp³-hybridized carbons (Fsp3) is 0.294. The molecule has 274 valence electrons. The number of aryl methyl sites for hydroxylation is 1. The summed E-state index contributed by atoms with van der Waals surface area (Å²) in [5.41, 5.74) is 1.10. The monoisotopic (exact) mass is 757 g/mol. The quantitative estimate of drug-likeness (QED) is 0.125. The van der Waals surface area contributed by atoms with Crippen LogP contribution in [-0.4, -0.2) is 72.2 Å². The number of carbonyl (C=O) groups is 3. The van der Waals surface area contributed by atoms with Crippen LogP contribution in [0.5, 0.6) is 0 Å². The summed E-state index contributed by atoms with van der Waals surface area (Å²) >= 11 is 12.0. The maximum absolute atomic E-state index is 13.9. The predicted molar refractivity (Wildman–Crippen MR) is 181 cm³/mol. The van der Waals surface area contributed by atoms with E-state index in [0.29, 0.717) is 16.0 Å². The van der Waals surface area contributed by atoms with Crippen molar-refractivity contribution in [2.45, 2.75) is 39.3 Å². The average Bonchev–Trinajstić information content (AvgIpc) is 3.55. The van der Waals surface area contributed by atoms with Crippen LogP contribution < -0.4 is 10.6 Å². The van der Waals surface area contributed by atoms with Crippen LogP contribution in [0.1, 0.15) is 25.0 Å². The molecule has 0 fully saturated rings. The van der Waals surface area contributed by atoms with Gasteiger partial charge in [0.15, 0.2) is 0 Å². The second kappa shape index (κ2) is 18.9. The fourth-order valence-corrected chi connectivity index (χ4v) is 5.12. The van der Waals surface area contributed by atoms with Crippen molar-refractivity contribution >= 4 is 47.1 Å². The first-order chi connectivity index (χ1) is 23.8. The number of anilines is 1. The lowest BCUT2D eigenvalue weighted by Gasteiger charge is -2.33. The van der Waals surface area contributed by atoms with E-state index in [2.05, 4.69) is 15.8 Å². The number of nitrogens with one attached hydrogen (secondary N) is 2. The van der Waals surface area contributed by atoms with Gasteiger partial charge in [-0.15, -0.1) is 0 Å². The van der Waals surface area contributed by atoms with E-state index in [4.69, 9.17) is 32.5 Å². The molecule has 0 aliphatic heterocycles. The van der Waals surface area contributed by atoms with Crippen LogP contribution >= 0.6 is 23.2 Å². The number of carbonyl (C=O) groups excluding carboxylic acids is 3. The zero-order valence-electron chi connectivity index (χ0n) is 26.3. The van der Waals surface area contributed by atoms with Crippen LogP contribution in [0, 0.1) is 17.5 Å². The second-order valence-corrected chi connectivity index (χ2v) is 11.6. The molecule has 2 N–H and O–H groups in total. The fourth-order valence-electron chi connectivity index (χ4n) is 4.71. The number of alkyl halides is 2. The number of aromatic nitrogens is 1. The van der Waals surface area contributed by atoms with Gasteiger partial charge in [0, 0.05) is 38.2 Å². The first-order valence-corrected chi connectivity index (χ1v) is 15.7. The van der Waals surface area contributed by atoms with Crippen molar-refractivity contribution in [2.75, 3.05) is 32.1 Å². The lowest BCUT2D eigenvalue weighted by molar-refractivity contribution is -0.133. The Morgan fingerprint density at radius 3 is 2.24 bits per heavy atom. The van der Waals surface area contributed by atoms with E-state index in [0.717, 1.165) is 17.0 Å². The van der Waals surface area contributed by atoms with E-state index in [9.17, 15) is 36.3 Å². The number of halogens is 7. The number of nitrogens with zero attached hydrogens (tertiary/aromatic N) is 3. The molecule has 1 atom stereocenters. The molecule has 17 heteroatoms. The number of urea groups is 1. The number of ether oxygens (including phenoxy) is 1. The molecule has 0 saturated carbocycles. The Kier molecular flexibility index (Phi) is 15.0. The summed E-state index contributed by atoms with van der Waals surface area (Å²) < 4.78 is 79.1. The maximum atomic E-state index is 13.9. The summed E-state index contributed by atoms with van der Waals surface area (Å²) in [4.78, 5) is 40.9. The highest BCUT2D eigenvalue weighted by molar-refractivity contribution is 6.31. The summed E-state index contributed by atoms with van der Waals surface area (Å²) in [5.74, 6) is -2.68. The third-order valence-electron chi connectivity index (χ3n) is 7.38. The molecule has 0 aliphatic rings. The van der Waals surface area contributed by atoms with Gasteiger partial charge >= 0.3 is 12.1 Å². The number of hydrogen-bond acceptors (Lipinski definition) is 6. The molecule has 0 spiro atoms. The van der Waals surface area contributed by atoms with E-state index in [1.54, 1.807) is 6.07 Å². The number of benzene rings is 3. The maximum Gasteiger partial charge on any atom is 0.414 e. The highest BCUT2D eigenvalue weighted by Crippen LogP contribution is 2.24. The van der Waals surface area contributed by atoms with Crippen molar-refractivity contribution in [3.63, 3.8) is 0 Å². The van der Waals surface area contributed by atoms with Crippen LogP contribution in [0.25, 0.3) is 11.3 Å². The van der Waals surface area contributed by atoms with Crippen molar-refractivity contribution < 1.29 is 45.6 Å². The molecule has 1 heterocycles. The number of hydrogen-bond donors (Lipinski definition) is 2. The molecule has 4 aromatic rings. The van der Waals surface area contributed by atoms with E-state index in [-0.39, 0.29) is 54.0 Å². The van der Waals surface area contributed by atoms with Crippen molar-refractivity contribution in [2.24, 2.45) is 0 Å². The Morgan fingerprint density at radius 1 is 0.922 bits per heavy atom. The van der Waals surface area contributed by atoms with Crippen molar-refractivity contribution in [1.29, 1.82) is 0 Å². The Morgan fingerprint density at radius 2 is 1.57 bits per heavy atom. The van der Waals surface area contributed by atoms with Crippen LogP contribution in [0.4, 0.5) is 37.4 Å². The van der Waals surface area contributed by atoms with E-state index in [1.807, 2.05) is 0 Å². The van der Waals surface area contributed by atoms with Crippen LogP contribution in [-0.2, 0) is 22.5 Å². The largest absolute Gasteiger partial charge is 0.447 e. The van der Waals surface area contributed by atoms with Crippen LogP contribution in [0.3, 0.4) is 0 Å².